The van der Waals surface area contributed by atoms with Crippen molar-refractivity contribution in [1.82, 2.24) is 24.0 Å². The van der Waals surface area contributed by atoms with Gasteiger partial charge in [-0.2, -0.15) is 0 Å². The maximum absolute atomic E-state index is 12.4. The van der Waals surface area contributed by atoms with Crippen molar-refractivity contribution >= 4 is 23.0 Å². The van der Waals surface area contributed by atoms with Gasteiger partial charge in [0.15, 0.2) is 17.8 Å². The fraction of sp³-hybridized carbons (Fsp3) is 0.350. The number of fused-ring (bicyclic) bond motifs is 1. The van der Waals surface area contributed by atoms with E-state index < -0.39 is 29.7 Å². The van der Waals surface area contributed by atoms with Gasteiger partial charge in [0, 0.05) is 19.7 Å². The van der Waals surface area contributed by atoms with Crippen LogP contribution in [-0.2, 0) is 35.0 Å². The summed E-state index contributed by atoms with van der Waals surface area (Å²) in [5.41, 5.74) is -0.0611. The zero-order valence-electron chi connectivity index (χ0n) is 17.6. The molecular formula is C20H23N5O6. The number of esters is 1. The Morgan fingerprint density at radius 1 is 1.16 bits per heavy atom. The third-order valence-electron chi connectivity index (χ3n) is 4.86. The Morgan fingerprint density at radius 3 is 2.58 bits per heavy atom. The van der Waals surface area contributed by atoms with Gasteiger partial charge in [0.1, 0.15) is 12.3 Å². The second-order valence-corrected chi connectivity index (χ2v) is 6.94. The van der Waals surface area contributed by atoms with Gasteiger partial charge in [0.2, 0.25) is 0 Å². The molecule has 1 aromatic carbocycles. The first kappa shape index (κ1) is 21.8. The van der Waals surface area contributed by atoms with Crippen molar-refractivity contribution in [3.8, 4) is 5.75 Å². The zero-order valence-corrected chi connectivity index (χ0v) is 17.6. The molecule has 0 spiro atoms. The highest BCUT2D eigenvalue weighted by Gasteiger charge is 2.18. The van der Waals surface area contributed by atoms with Crippen molar-refractivity contribution in [3.05, 3.63) is 57.0 Å². The number of ether oxygens (including phenoxy) is 2. The van der Waals surface area contributed by atoms with E-state index in [1.54, 1.807) is 20.1 Å². The summed E-state index contributed by atoms with van der Waals surface area (Å²) >= 11 is 0. The number of aromatic nitrogens is 4. The topological polar surface area (TPSA) is 126 Å². The zero-order chi connectivity index (χ0) is 22.7. The summed E-state index contributed by atoms with van der Waals surface area (Å²) < 4.78 is 13.7. The Bertz CT molecular complexity index is 1260. The molecule has 0 saturated heterocycles. The Labute approximate surface area is 176 Å². The van der Waals surface area contributed by atoms with Crippen molar-refractivity contribution in [2.75, 3.05) is 13.7 Å². The van der Waals surface area contributed by atoms with Crippen LogP contribution in [0.3, 0.4) is 0 Å². The van der Waals surface area contributed by atoms with Gasteiger partial charge in [-0.15, -0.1) is 0 Å². The molecule has 0 bridgehead atoms. The van der Waals surface area contributed by atoms with E-state index >= 15 is 0 Å². The highest BCUT2D eigenvalue weighted by Crippen LogP contribution is 2.24. The quantitative estimate of drug-likeness (QED) is 0.518. The molecule has 31 heavy (non-hydrogen) atoms. The monoisotopic (exact) mass is 429 g/mol. The smallest absolute Gasteiger partial charge is 0.332 e. The van der Waals surface area contributed by atoms with Crippen molar-refractivity contribution in [2.24, 2.45) is 14.1 Å². The molecule has 1 amide bonds. The number of imidazole rings is 1. The number of rotatable bonds is 7. The molecule has 164 valence electrons. The number of hydrogen-bond acceptors (Lipinski definition) is 7. The van der Waals surface area contributed by atoms with E-state index in [-0.39, 0.29) is 23.8 Å². The molecule has 0 radical (unpaired) electrons. The van der Waals surface area contributed by atoms with Gasteiger partial charge < -0.3 is 19.4 Å². The predicted molar refractivity (Wildman–Crippen MR) is 111 cm³/mol. The number of aryl methyl sites for hydroxylation is 1. The molecule has 0 aliphatic rings. The third kappa shape index (κ3) is 4.34. The van der Waals surface area contributed by atoms with Crippen LogP contribution < -0.4 is 21.3 Å². The Morgan fingerprint density at radius 2 is 1.87 bits per heavy atom. The first-order valence-corrected chi connectivity index (χ1v) is 9.43. The van der Waals surface area contributed by atoms with Gasteiger partial charge in [-0.3, -0.25) is 23.5 Å². The van der Waals surface area contributed by atoms with Gasteiger partial charge in [-0.05, 0) is 13.0 Å². The molecule has 0 unspecified atom stereocenters. The molecular weight excluding hydrogens is 406 g/mol. The summed E-state index contributed by atoms with van der Waals surface area (Å²) in [7, 11) is 4.36. The average Bonchev–Trinajstić information content (AvgIpc) is 3.18. The van der Waals surface area contributed by atoms with E-state index in [1.807, 2.05) is 18.2 Å². The summed E-state index contributed by atoms with van der Waals surface area (Å²) in [4.78, 5) is 52.8. The van der Waals surface area contributed by atoms with Crippen LogP contribution in [0, 0.1) is 0 Å². The standard InChI is InChI=1S/C20H23N5O6/c1-12(13-7-5-6-8-14(13)30-4)22-15(26)10-31-16(27)9-25-11-21-18-17(25)19(28)24(3)20(29)23(18)2/h5-8,11-12H,9-10H2,1-4H3,(H,22,26)/t12-/m1/s1. The van der Waals surface area contributed by atoms with E-state index in [2.05, 4.69) is 10.3 Å². The van der Waals surface area contributed by atoms with Crippen LogP contribution in [0.2, 0.25) is 0 Å². The van der Waals surface area contributed by atoms with Gasteiger partial charge >= 0.3 is 11.7 Å². The fourth-order valence-corrected chi connectivity index (χ4v) is 3.23. The van der Waals surface area contributed by atoms with Crippen LogP contribution in [0.5, 0.6) is 5.75 Å². The van der Waals surface area contributed by atoms with Crippen LogP contribution in [0.4, 0.5) is 0 Å². The highest BCUT2D eigenvalue weighted by molar-refractivity contribution is 5.81. The number of para-hydroxylation sites is 1. The van der Waals surface area contributed by atoms with Crippen LogP contribution >= 0.6 is 0 Å². The summed E-state index contributed by atoms with van der Waals surface area (Å²) in [5.74, 6) is -0.578. The van der Waals surface area contributed by atoms with Gasteiger partial charge in [0.25, 0.3) is 11.5 Å². The number of nitrogens with one attached hydrogen (secondary N) is 1. The maximum atomic E-state index is 12.4. The normalized spacial score (nSPS) is 11.9. The maximum Gasteiger partial charge on any atom is 0.332 e. The second kappa shape index (κ2) is 8.86. The molecule has 3 aromatic rings. The Kier molecular flexibility index (Phi) is 6.23. The van der Waals surface area contributed by atoms with Gasteiger partial charge in [-0.25, -0.2) is 9.78 Å². The average molecular weight is 429 g/mol. The Balaban J connectivity index is 1.64. The first-order chi connectivity index (χ1) is 14.7. The van der Waals surface area contributed by atoms with E-state index in [0.29, 0.717) is 5.75 Å². The Hall–Kier alpha value is -3.89. The molecule has 2 aromatic heterocycles. The van der Waals surface area contributed by atoms with E-state index in [1.165, 1.54) is 29.6 Å². The van der Waals surface area contributed by atoms with Crippen LogP contribution in [-0.4, -0.2) is 44.3 Å². The number of carbonyl (C=O) groups excluding carboxylic acids is 2. The first-order valence-electron chi connectivity index (χ1n) is 9.43. The van der Waals surface area contributed by atoms with Gasteiger partial charge in [-0.1, -0.05) is 18.2 Å². The largest absolute Gasteiger partial charge is 0.496 e. The number of carbonyl (C=O) groups is 2. The molecule has 3 rings (SSSR count). The summed E-state index contributed by atoms with van der Waals surface area (Å²) in [6, 6.07) is 6.91. The number of benzene rings is 1. The molecule has 0 aliphatic carbocycles. The number of hydrogen-bond donors (Lipinski definition) is 1. The lowest BCUT2D eigenvalue weighted by Gasteiger charge is -2.17. The highest BCUT2D eigenvalue weighted by atomic mass is 16.5. The van der Waals surface area contributed by atoms with Crippen LogP contribution in [0.1, 0.15) is 18.5 Å². The number of nitrogens with zero attached hydrogens (tertiary/aromatic N) is 4. The molecule has 0 saturated carbocycles. The molecule has 1 atom stereocenters. The van der Waals surface area contributed by atoms with Crippen molar-refractivity contribution in [2.45, 2.75) is 19.5 Å². The minimum absolute atomic E-state index is 0.0933. The number of amides is 1. The third-order valence-corrected chi connectivity index (χ3v) is 4.86. The summed E-state index contributed by atoms with van der Waals surface area (Å²) in [6.45, 7) is 0.968. The molecule has 0 aliphatic heterocycles. The minimum atomic E-state index is -0.727. The SMILES string of the molecule is COc1ccccc1[C@@H](C)NC(=O)COC(=O)Cn1cnc2c1c(=O)n(C)c(=O)n2C. The van der Waals surface area contributed by atoms with Crippen LogP contribution in [0.25, 0.3) is 11.2 Å². The molecule has 2 heterocycles. The lowest BCUT2D eigenvalue weighted by atomic mass is 10.1. The molecule has 0 fully saturated rings. The lowest BCUT2D eigenvalue weighted by Crippen LogP contribution is -2.37. The number of methoxy groups -OCH3 is 1. The van der Waals surface area contributed by atoms with E-state index in [0.717, 1.165) is 10.1 Å². The molecule has 11 heteroatoms. The van der Waals surface area contributed by atoms with E-state index in [9.17, 15) is 19.2 Å². The minimum Gasteiger partial charge on any atom is -0.496 e. The summed E-state index contributed by atoms with van der Waals surface area (Å²) in [6.07, 6.45) is 1.27. The van der Waals surface area contributed by atoms with Crippen molar-refractivity contribution < 1.29 is 19.1 Å². The molecule has 1 N–H and O–H groups in total. The molecule has 11 nitrogen and oxygen atoms in total. The van der Waals surface area contributed by atoms with E-state index in [4.69, 9.17) is 9.47 Å². The predicted octanol–water partition coefficient (Wildman–Crippen LogP) is -0.137. The van der Waals surface area contributed by atoms with Crippen LogP contribution in [0.15, 0.2) is 40.2 Å². The fourth-order valence-electron chi connectivity index (χ4n) is 3.23. The second-order valence-electron chi connectivity index (χ2n) is 6.94. The van der Waals surface area contributed by atoms with Gasteiger partial charge in [0.05, 0.1) is 19.5 Å². The summed E-state index contributed by atoms with van der Waals surface area (Å²) in [5, 5.41) is 2.74. The van der Waals surface area contributed by atoms with Crippen molar-refractivity contribution in [3.63, 3.8) is 0 Å². The lowest BCUT2D eigenvalue weighted by molar-refractivity contribution is -0.149. The van der Waals surface area contributed by atoms with Crippen molar-refractivity contribution in [1.29, 1.82) is 0 Å².